The molecule has 0 aliphatic carbocycles. The summed E-state index contributed by atoms with van der Waals surface area (Å²) in [6, 6.07) is 5.40. The Balaban J connectivity index is 2.76. The Bertz CT molecular complexity index is 421. The largest absolute Gasteiger partial charge is 0.497 e. The fraction of sp³-hybridized carbons (Fsp3) is 0.500. The second-order valence-corrected chi connectivity index (χ2v) is 4.23. The summed E-state index contributed by atoms with van der Waals surface area (Å²) in [4.78, 5) is 11.8. The molecule has 0 fully saturated rings. The molecule has 5 nitrogen and oxygen atoms in total. The first-order valence-corrected chi connectivity index (χ1v) is 6.43. The molecular formula is C14H22N2O3. The predicted octanol–water partition coefficient (Wildman–Crippen LogP) is 1.45. The van der Waals surface area contributed by atoms with Gasteiger partial charge in [0.15, 0.2) is 6.10 Å². The van der Waals surface area contributed by atoms with Crippen molar-refractivity contribution in [2.75, 3.05) is 13.7 Å². The van der Waals surface area contributed by atoms with Gasteiger partial charge < -0.3 is 20.5 Å². The summed E-state index contributed by atoms with van der Waals surface area (Å²) >= 11 is 0. The third-order valence-electron chi connectivity index (χ3n) is 2.72. The Kier molecular flexibility index (Phi) is 6.15. The van der Waals surface area contributed by atoms with Crippen LogP contribution in [-0.4, -0.2) is 25.7 Å². The molecule has 0 aliphatic heterocycles. The zero-order valence-electron chi connectivity index (χ0n) is 11.7. The van der Waals surface area contributed by atoms with E-state index in [1.807, 2.05) is 19.1 Å². The molecule has 3 N–H and O–H groups in total. The van der Waals surface area contributed by atoms with Crippen molar-refractivity contribution in [1.82, 2.24) is 5.32 Å². The molecule has 1 rings (SSSR count). The Morgan fingerprint density at radius 2 is 2.21 bits per heavy atom. The summed E-state index contributed by atoms with van der Waals surface area (Å²) in [6.07, 6.45) is 0.329. The van der Waals surface area contributed by atoms with Crippen molar-refractivity contribution in [1.29, 1.82) is 0 Å². The monoisotopic (exact) mass is 266 g/mol. The zero-order chi connectivity index (χ0) is 14.3. The van der Waals surface area contributed by atoms with Gasteiger partial charge in [-0.15, -0.1) is 0 Å². The molecule has 106 valence electrons. The van der Waals surface area contributed by atoms with Crippen LogP contribution in [0.4, 0.5) is 0 Å². The molecular weight excluding hydrogens is 244 g/mol. The summed E-state index contributed by atoms with van der Waals surface area (Å²) in [5.74, 6) is 1.13. The average molecular weight is 266 g/mol. The van der Waals surface area contributed by atoms with Crippen LogP contribution in [-0.2, 0) is 11.3 Å². The number of carbonyl (C=O) groups is 1. The van der Waals surface area contributed by atoms with Crippen LogP contribution in [0.3, 0.4) is 0 Å². The van der Waals surface area contributed by atoms with Gasteiger partial charge in [-0.25, -0.2) is 0 Å². The quantitative estimate of drug-likeness (QED) is 0.783. The molecule has 1 unspecified atom stereocenters. The van der Waals surface area contributed by atoms with E-state index in [-0.39, 0.29) is 5.91 Å². The summed E-state index contributed by atoms with van der Waals surface area (Å²) in [6.45, 7) is 4.71. The number of rotatable bonds is 7. The molecule has 0 saturated heterocycles. The number of amides is 1. The lowest BCUT2D eigenvalue weighted by Crippen LogP contribution is -2.36. The molecule has 0 radical (unpaired) electrons. The first kappa shape index (κ1) is 15.3. The van der Waals surface area contributed by atoms with Crippen molar-refractivity contribution in [2.24, 2.45) is 5.73 Å². The lowest BCUT2D eigenvalue weighted by Gasteiger charge is -2.17. The van der Waals surface area contributed by atoms with Gasteiger partial charge in [0.25, 0.3) is 5.91 Å². The second kappa shape index (κ2) is 7.63. The number of carbonyl (C=O) groups excluding carboxylic acids is 1. The van der Waals surface area contributed by atoms with Gasteiger partial charge in [-0.2, -0.15) is 0 Å². The number of nitrogens with two attached hydrogens (primary N) is 1. The predicted molar refractivity (Wildman–Crippen MR) is 74.3 cm³/mol. The van der Waals surface area contributed by atoms with Gasteiger partial charge in [-0.1, -0.05) is 13.0 Å². The van der Waals surface area contributed by atoms with Gasteiger partial charge in [0.05, 0.1) is 7.11 Å². The molecule has 0 spiro atoms. The number of methoxy groups -OCH3 is 1. The Morgan fingerprint density at radius 1 is 1.47 bits per heavy atom. The fourth-order valence-electron chi connectivity index (χ4n) is 1.58. The third-order valence-corrected chi connectivity index (χ3v) is 2.72. The highest BCUT2D eigenvalue weighted by molar-refractivity contribution is 5.80. The molecule has 0 aliphatic rings. The first-order chi connectivity index (χ1) is 9.12. The lowest BCUT2D eigenvalue weighted by molar-refractivity contribution is -0.127. The number of ether oxygens (including phenoxy) is 2. The molecule has 5 heteroatoms. The van der Waals surface area contributed by atoms with E-state index in [9.17, 15) is 4.79 Å². The molecule has 1 aromatic rings. The van der Waals surface area contributed by atoms with Gasteiger partial charge in [0.1, 0.15) is 11.5 Å². The number of hydrogen-bond donors (Lipinski definition) is 2. The smallest absolute Gasteiger partial charge is 0.260 e. The minimum Gasteiger partial charge on any atom is -0.497 e. The zero-order valence-corrected chi connectivity index (χ0v) is 11.7. The highest BCUT2D eigenvalue weighted by atomic mass is 16.5. The van der Waals surface area contributed by atoms with Gasteiger partial charge in [0, 0.05) is 24.7 Å². The van der Waals surface area contributed by atoms with Crippen LogP contribution in [0, 0.1) is 0 Å². The van der Waals surface area contributed by atoms with Crippen LogP contribution in [0.25, 0.3) is 0 Å². The van der Waals surface area contributed by atoms with E-state index in [0.717, 1.165) is 12.0 Å². The van der Waals surface area contributed by atoms with Crippen LogP contribution in [0.1, 0.15) is 25.8 Å². The van der Waals surface area contributed by atoms with Gasteiger partial charge in [-0.3, -0.25) is 4.79 Å². The van der Waals surface area contributed by atoms with E-state index in [2.05, 4.69) is 5.32 Å². The van der Waals surface area contributed by atoms with E-state index in [1.165, 1.54) is 0 Å². The minimum atomic E-state index is -0.566. The van der Waals surface area contributed by atoms with Gasteiger partial charge >= 0.3 is 0 Å². The fourth-order valence-corrected chi connectivity index (χ4v) is 1.58. The maximum atomic E-state index is 11.8. The van der Waals surface area contributed by atoms with Crippen molar-refractivity contribution in [3.05, 3.63) is 23.8 Å². The van der Waals surface area contributed by atoms with Crippen LogP contribution in [0.2, 0.25) is 0 Å². The van der Waals surface area contributed by atoms with Crippen molar-refractivity contribution >= 4 is 5.91 Å². The SMILES string of the molecule is CCCNC(=O)C(C)Oc1cc(OC)ccc1CN. The van der Waals surface area contributed by atoms with Gasteiger partial charge in [-0.05, 0) is 19.4 Å². The van der Waals surface area contributed by atoms with E-state index >= 15 is 0 Å². The maximum absolute atomic E-state index is 11.8. The Hall–Kier alpha value is -1.75. The molecule has 0 aromatic heterocycles. The van der Waals surface area contributed by atoms with E-state index in [1.54, 1.807) is 20.1 Å². The number of nitrogens with one attached hydrogen (secondary N) is 1. The molecule has 0 heterocycles. The van der Waals surface area contributed by atoms with Crippen molar-refractivity contribution < 1.29 is 14.3 Å². The van der Waals surface area contributed by atoms with E-state index in [0.29, 0.717) is 24.6 Å². The topological polar surface area (TPSA) is 73.6 Å². The van der Waals surface area contributed by atoms with Crippen LogP contribution in [0.15, 0.2) is 18.2 Å². The van der Waals surface area contributed by atoms with Crippen LogP contribution >= 0.6 is 0 Å². The number of benzene rings is 1. The Labute approximate surface area is 114 Å². The highest BCUT2D eigenvalue weighted by Gasteiger charge is 2.16. The molecule has 19 heavy (non-hydrogen) atoms. The third kappa shape index (κ3) is 4.44. The molecule has 0 saturated carbocycles. The lowest BCUT2D eigenvalue weighted by atomic mass is 10.2. The van der Waals surface area contributed by atoms with Crippen molar-refractivity contribution in [3.63, 3.8) is 0 Å². The molecule has 1 amide bonds. The van der Waals surface area contributed by atoms with E-state index in [4.69, 9.17) is 15.2 Å². The summed E-state index contributed by atoms with van der Waals surface area (Å²) in [5.41, 5.74) is 6.50. The molecule has 1 atom stereocenters. The highest BCUT2D eigenvalue weighted by Crippen LogP contribution is 2.25. The van der Waals surface area contributed by atoms with E-state index < -0.39 is 6.10 Å². The molecule has 0 bridgehead atoms. The first-order valence-electron chi connectivity index (χ1n) is 6.43. The minimum absolute atomic E-state index is 0.132. The Morgan fingerprint density at radius 3 is 2.79 bits per heavy atom. The van der Waals surface area contributed by atoms with Crippen LogP contribution < -0.4 is 20.5 Å². The average Bonchev–Trinajstić information content (AvgIpc) is 2.44. The number of hydrogen-bond acceptors (Lipinski definition) is 4. The summed E-state index contributed by atoms with van der Waals surface area (Å²) in [7, 11) is 1.58. The summed E-state index contributed by atoms with van der Waals surface area (Å²) in [5, 5.41) is 2.79. The standard InChI is InChI=1S/C14H22N2O3/c1-4-7-16-14(17)10(2)19-13-8-12(18-3)6-5-11(13)9-15/h5-6,8,10H,4,7,9,15H2,1-3H3,(H,16,17). The summed E-state index contributed by atoms with van der Waals surface area (Å²) < 4.78 is 10.8. The van der Waals surface area contributed by atoms with Crippen LogP contribution in [0.5, 0.6) is 11.5 Å². The normalized spacial score (nSPS) is 11.8. The molecule has 1 aromatic carbocycles. The van der Waals surface area contributed by atoms with Crippen molar-refractivity contribution in [3.8, 4) is 11.5 Å². The van der Waals surface area contributed by atoms with Gasteiger partial charge in [0.2, 0.25) is 0 Å². The van der Waals surface area contributed by atoms with Crippen molar-refractivity contribution in [2.45, 2.75) is 32.9 Å². The second-order valence-electron chi connectivity index (χ2n) is 4.23. The maximum Gasteiger partial charge on any atom is 0.260 e.